The zero-order chi connectivity index (χ0) is 15.7. The summed E-state index contributed by atoms with van der Waals surface area (Å²) in [6.07, 6.45) is 1.93. The van der Waals surface area contributed by atoms with Crippen molar-refractivity contribution in [2.45, 2.75) is 12.5 Å². The summed E-state index contributed by atoms with van der Waals surface area (Å²) in [6.45, 7) is 0. The van der Waals surface area contributed by atoms with Crippen LogP contribution in [0.2, 0.25) is 0 Å². The lowest BCUT2D eigenvalue weighted by atomic mass is 10.1. The second kappa shape index (κ2) is 5.52. The normalized spacial score (nSPS) is 16.2. The van der Waals surface area contributed by atoms with Gasteiger partial charge in [-0.3, -0.25) is 9.69 Å². The molecule has 1 unspecified atom stereocenters. The van der Waals surface area contributed by atoms with Crippen LogP contribution < -0.4 is 9.64 Å². The second-order valence-corrected chi connectivity index (χ2v) is 5.13. The summed E-state index contributed by atoms with van der Waals surface area (Å²) in [7, 11) is 1.44. The molecule has 2 aromatic carbocycles. The first kappa shape index (κ1) is 14.1. The molecule has 1 amide bonds. The third kappa shape index (κ3) is 2.20. The Kier molecular flexibility index (Phi) is 3.55. The molecule has 1 aliphatic heterocycles. The zero-order valence-electron chi connectivity index (χ0n) is 12.1. The number of hydrogen-bond acceptors (Lipinski definition) is 4. The molecule has 112 valence electrons. The van der Waals surface area contributed by atoms with Crippen molar-refractivity contribution in [2.24, 2.45) is 0 Å². The van der Waals surface area contributed by atoms with Crippen LogP contribution in [0.4, 0.5) is 5.69 Å². The SMILES string of the molecule is COc1cc(C(=O)N2c3ccccc3CC2C=N)ccc1O. The van der Waals surface area contributed by atoms with Crippen LogP contribution in [-0.4, -0.2) is 30.4 Å². The fraction of sp³-hybridized carbons (Fsp3) is 0.176. The first-order valence-electron chi connectivity index (χ1n) is 6.94. The number of para-hydroxylation sites is 1. The number of amides is 1. The number of ether oxygens (including phenoxy) is 1. The van der Waals surface area contributed by atoms with Gasteiger partial charge in [-0.1, -0.05) is 18.2 Å². The van der Waals surface area contributed by atoms with Gasteiger partial charge in [-0.2, -0.15) is 0 Å². The third-order valence-electron chi connectivity index (χ3n) is 3.85. The summed E-state index contributed by atoms with van der Waals surface area (Å²) in [5.41, 5.74) is 2.29. The van der Waals surface area contributed by atoms with E-state index in [1.807, 2.05) is 24.3 Å². The van der Waals surface area contributed by atoms with Gasteiger partial charge in [-0.25, -0.2) is 0 Å². The number of phenols is 1. The Morgan fingerprint density at radius 3 is 2.86 bits per heavy atom. The molecule has 2 aromatic rings. The van der Waals surface area contributed by atoms with Crippen molar-refractivity contribution in [3.8, 4) is 11.5 Å². The summed E-state index contributed by atoms with van der Waals surface area (Å²) in [5.74, 6) is 0.0333. The molecule has 5 nitrogen and oxygen atoms in total. The van der Waals surface area contributed by atoms with Crippen LogP contribution in [0.3, 0.4) is 0 Å². The van der Waals surface area contributed by atoms with E-state index in [2.05, 4.69) is 0 Å². The average molecular weight is 296 g/mol. The monoisotopic (exact) mass is 296 g/mol. The molecule has 1 atom stereocenters. The van der Waals surface area contributed by atoms with Crippen LogP contribution in [0.5, 0.6) is 11.5 Å². The van der Waals surface area contributed by atoms with Crippen molar-refractivity contribution in [3.05, 3.63) is 53.6 Å². The standard InChI is InChI=1S/C17H16N2O3/c1-22-16-9-12(6-7-15(16)20)17(21)19-13(10-18)8-11-4-2-3-5-14(11)19/h2-7,9-10,13,18,20H,8H2,1H3. The van der Waals surface area contributed by atoms with Gasteiger partial charge in [0, 0.05) is 23.9 Å². The van der Waals surface area contributed by atoms with Crippen molar-refractivity contribution in [1.29, 1.82) is 5.41 Å². The molecule has 0 saturated carbocycles. The highest BCUT2D eigenvalue weighted by molar-refractivity contribution is 6.10. The number of carbonyl (C=O) groups is 1. The predicted octanol–water partition coefficient (Wildman–Crippen LogP) is 2.62. The number of hydrogen-bond donors (Lipinski definition) is 2. The van der Waals surface area contributed by atoms with Gasteiger partial charge < -0.3 is 15.3 Å². The largest absolute Gasteiger partial charge is 0.504 e. The molecule has 1 aliphatic rings. The Labute approximate surface area is 128 Å². The molecule has 1 heterocycles. The molecular formula is C17H16N2O3. The number of phenolic OH excluding ortho intramolecular Hbond substituents is 1. The summed E-state index contributed by atoms with van der Waals surface area (Å²) < 4.78 is 5.06. The number of rotatable bonds is 3. The number of benzene rings is 2. The molecule has 0 spiro atoms. The van der Waals surface area contributed by atoms with Gasteiger partial charge in [-0.15, -0.1) is 0 Å². The molecule has 0 aliphatic carbocycles. The van der Waals surface area contributed by atoms with E-state index >= 15 is 0 Å². The number of aromatic hydroxyl groups is 1. The highest BCUT2D eigenvalue weighted by Crippen LogP contribution is 2.34. The van der Waals surface area contributed by atoms with Gasteiger partial charge in [0.2, 0.25) is 0 Å². The van der Waals surface area contributed by atoms with Crippen LogP contribution in [0, 0.1) is 5.41 Å². The van der Waals surface area contributed by atoms with Crippen LogP contribution >= 0.6 is 0 Å². The lowest BCUT2D eigenvalue weighted by molar-refractivity contribution is 0.0985. The maximum atomic E-state index is 12.8. The summed E-state index contributed by atoms with van der Waals surface area (Å²) in [4.78, 5) is 14.5. The average Bonchev–Trinajstić information content (AvgIpc) is 2.93. The maximum absolute atomic E-state index is 12.8. The minimum absolute atomic E-state index is 0.00974. The van der Waals surface area contributed by atoms with Crippen LogP contribution in [-0.2, 0) is 6.42 Å². The van der Waals surface area contributed by atoms with Crippen molar-refractivity contribution in [1.82, 2.24) is 0 Å². The number of nitrogens with zero attached hydrogens (tertiary/aromatic N) is 1. The van der Waals surface area contributed by atoms with Gasteiger partial charge in [0.05, 0.1) is 13.2 Å². The van der Waals surface area contributed by atoms with E-state index in [1.54, 1.807) is 11.0 Å². The summed E-state index contributed by atoms with van der Waals surface area (Å²) in [6, 6.07) is 11.9. The Balaban J connectivity index is 2.02. The molecule has 5 heteroatoms. The fourth-order valence-electron chi connectivity index (χ4n) is 2.76. The molecule has 3 rings (SSSR count). The molecule has 0 fully saturated rings. The predicted molar refractivity (Wildman–Crippen MR) is 84.2 cm³/mol. The van der Waals surface area contributed by atoms with E-state index in [0.717, 1.165) is 11.3 Å². The fourth-order valence-corrected chi connectivity index (χ4v) is 2.76. The second-order valence-electron chi connectivity index (χ2n) is 5.13. The van der Waals surface area contributed by atoms with Crippen LogP contribution in [0.1, 0.15) is 15.9 Å². The first-order valence-corrected chi connectivity index (χ1v) is 6.94. The highest BCUT2D eigenvalue weighted by Gasteiger charge is 2.33. The smallest absolute Gasteiger partial charge is 0.259 e. The number of carbonyl (C=O) groups excluding carboxylic acids is 1. The lowest BCUT2D eigenvalue weighted by Crippen LogP contribution is -2.38. The van der Waals surface area contributed by atoms with Gasteiger partial charge in [0.25, 0.3) is 5.91 Å². The van der Waals surface area contributed by atoms with E-state index in [-0.39, 0.29) is 23.4 Å². The Morgan fingerprint density at radius 1 is 1.36 bits per heavy atom. The van der Waals surface area contributed by atoms with Crippen molar-refractivity contribution in [3.63, 3.8) is 0 Å². The van der Waals surface area contributed by atoms with E-state index in [0.29, 0.717) is 12.0 Å². The van der Waals surface area contributed by atoms with Gasteiger partial charge in [-0.05, 0) is 29.8 Å². The lowest BCUT2D eigenvalue weighted by Gasteiger charge is -2.23. The summed E-state index contributed by atoms with van der Waals surface area (Å²) in [5, 5.41) is 17.2. The van der Waals surface area contributed by atoms with Crippen LogP contribution in [0.25, 0.3) is 0 Å². The molecule has 0 bridgehead atoms. The van der Waals surface area contributed by atoms with E-state index < -0.39 is 0 Å². The van der Waals surface area contributed by atoms with Gasteiger partial charge in [0.1, 0.15) is 0 Å². The van der Waals surface area contributed by atoms with E-state index in [4.69, 9.17) is 10.1 Å². The molecule has 0 aromatic heterocycles. The zero-order valence-corrected chi connectivity index (χ0v) is 12.1. The number of fused-ring (bicyclic) bond motifs is 1. The van der Waals surface area contributed by atoms with E-state index in [9.17, 15) is 9.90 Å². The molecule has 0 radical (unpaired) electrons. The number of nitrogens with one attached hydrogen (secondary N) is 1. The first-order chi connectivity index (χ1) is 10.7. The Bertz CT molecular complexity index is 742. The quantitative estimate of drug-likeness (QED) is 0.855. The molecule has 0 saturated heterocycles. The highest BCUT2D eigenvalue weighted by atomic mass is 16.5. The third-order valence-corrected chi connectivity index (χ3v) is 3.85. The van der Waals surface area contributed by atoms with Crippen LogP contribution in [0.15, 0.2) is 42.5 Å². The topological polar surface area (TPSA) is 73.6 Å². The Hall–Kier alpha value is -2.82. The van der Waals surface area contributed by atoms with Crippen molar-refractivity contribution < 1.29 is 14.6 Å². The molecule has 2 N–H and O–H groups in total. The molecular weight excluding hydrogens is 280 g/mol. The minimum Gasteiger partial charge on any atom is -0.504 e. The Morgan fingerprint density at radius 2 is 2.14 bits per heavy atom. The van der Waals surface area contributed by atoms with Crippen molar-refractivity contribution >= 4 is 17.8 Å². The molecule has 22 heavy (non-hydrogen) atoms. The number of methoxy groups -OCH3 is 1. The summed E-state index contributed by atoms with van der Waals surface area (Å²) >= 11 is 0. The number of anilines is 1. The van der Waals surface area contributed by atoms with Crippen molar-refractivity contribution in [2.75, 3.05) is 12.0 Å². The minimum atomic E-state index is -0.287. The maximum Gasteiger partial charge on any atom is 0.259 e. The van der Waals surface area contributed by atoms with E-state index in [1.165, 1.54) is 25.5 Å². The van der Waals surface area contributed by atoms with Gasteiger partial charge in [0.15, 0.2) is 11.5 Å². The van der Waals surface area contributed by atoms with Gasteiger partial charge >= 0.3 is 0 Å².